The number of fused-ring (bicyclic) bond motifs is 1. The molecule has 1 saturated heterocycles. The van der Waals surface area contributed by atoms with E-state index in [-0.39, 0.29) is 11.7 Å². The van der Waals surface area contributed by atoms with E-state index in [9.17, 15) is 13.2 Å². The lowest BCUT2D eigenvalue weighted by Crippen LogP contribution is -2.50. The molecule has 3 aromatic rings. The summed E-state index contributed by atoms with van der Waals surface area (Å²) < 4.78 is 31.3. The quantitative estimate of drug-likeness (QED) is 0.583. The maximum atomic E-state index is 12.8. The minimum atomic E-state index is -3.20. The molecule has 0 aliphatic carbocycles. The molecule has 1 fully saturated rings. The van der Waals surface area contributed by atoms with Crippen molar-refractivity contribution in [2.45, 2.75) is 13.5 Å². The van der Waals surface area contributed by atoms with E-state index < -0.39 is 10.0 Å². The highest BCUT2D eigenvalue weighted by atomic mass is 32.2. The molecular weight excluding hydrogens is 420 g/mol. The number of ether oxygens (including phenoxy) is 1. The fourth-order valence-corrected chi connectivity index (χ4v) is 5.44. The molecule has 0 radical (unpaired) electrons. The van der Waals surface area contributed by atoms with Crippen molar-refractivity contribution in [1.29, 1.82) is 0 Å². The van der Waals surface area contributed by atoms with Gasteiger partial charge in [0.15, 0.2) is 0 Å². The van der Waals surface area contributed by atoms with Crippen LogP contribution in [-0.4, -0.2) is 55.5 Å². The maximum Gasteiger partial charge on any atom is 0.264 e. The number of piperazine rings is 1. The Morgan fingerprint density at radius 3 is 2.50 bits per heavy atom. The van der Waals surface area contributed by atoms with Crippen LogP contribution in [0, 0.1) is 0 Å². The van der Waals surface area contributed by atoms with Gasteiger partial charge in [0, 0.05) is 31.7 Å². The fraction of sp³-hybridized carbons (Fsp3) is 0.318. The van der Waals surface area contributed by atoms with Gasteiger partial charge in [0.1, 0.15) is 12.4 Å². The molecule has 2 aromatic carbocycles. The summed E-state index contributed by atoms with van der Waals surface area (Å²) in [6, 6.07) is 16.0. The normalized spacial score (nSPS) is 15.4. The van der Waals surface area contributed by atoms with Crippen LogP contribution in [-0.2, 0) is 16.6 Å². The number of rotatable bonds is 6. The third-order valence-electron chi connectivity index (χ3n) is 5.28. The minimum Gasteiger partial charge on any atom is -0.489 e. The van der Waals surface area contributed by atoms with Crippen LogP contribution >= 0.6 is 11.3 Å². The average Bonchev–Trinajstić information content (AvgIpc) is 3.26. The summed E-state index contributed by atoms with van der Waals surface area (Å²) in [4.78, 5) is 15.2. The van der Waals surface area contributed by atoms with Crippen LogP contribution in [0.3, 0.4) is 0 Å². The number of nitrogens with zero attached hydrogens (tertiary/aromatic N) is 2. The Hall–Kier alpha value is -2.42. The molecule has 0 N–H and O–H groups in total. The highest BCUT2D eigenvalue weighted by Crippen LogP contribution is 2.23. The molecule has 1 aliphatic rings. The molecule has 1 aliphatic heterocycles. The zero-order valence-electron chi connectivity index (χ0n) is 16.8. The highest BCUT2D eigenvalue weighted by Gasteiger charge is 2.28. The van der Waals surface area contributed by atoms with E-state index in [2.05, 4.69) is 12.1 Å². The summed E-state index contributed by atoms with van der Waals surface area (Å²) in [5.41, 5.74) is 0.948. The van der Waals surface area contributed by atoms with Crippen LogP contribution in [0.5, 0.6) is 5.75 Å². The first-order valence-electron chi connectivity index (χ1n) is 9.92. The Balaban J connectivity index is 1.35. The van der Waals surface area contributed by atoms with Crippen molar-refractivity contribution >= 4 is 38.0 Å². The number of benzene rings is 2. The lowest BCUT2D eigenvalue weighted by atomic mass is 10.1. The first kappa shape index (κ1) is 20.8. The van der Waals surface area contributed by atoms with Crippen LogP contribution in [0.4, 0.5) is 0 Å². The molecule has 0 atom stereocenters. The van der Waals surface area contributed by atoms with E-state index in [0.717, 1.165) is 16.7 Å². The van der Waals surface area contributed by atoms with Crippen molar-refractivity contribution in [2.24, 2.45) is 0 Å². The zero-order chi connectivity index (χ0) is 21.1. The molecule has 4 rings (SSSR count). The van der Waals surface area contributed by atoms with Crippen molar-refractivity contribution in [3.8, 4) is 5.75 Å². The van der Waals surface area contributed by atoms with Crippen molar-refractivity contribution in [1.82, 2.24) is 9.21 Å². The number of carbonyl (C=O) groups excluding carboxylic acids is 1. The first-order chi connectivity index (χ1) is 14.5. The van der Waals surface area contributed by atoms with E-state index in [1.54, 1.807) is 11.8 Å². The molecule has 1 amide bonds. The Morgan fingerprint density at radius 1 is 1.03 bits per heavy atom. The second-order valence-electron chi connectivity index (χ2n) is 7.21. The van der Waals surface area contributed by atoms with Gasteiger partial charge in [-0.05, 0) is 41.3 Å². The molecule has 6 nitrogen and oxygen atoms in total. The van der Waals surface area contributed by atoms with Gasteiger partial charge in [0.2, 0.25) is 10.0 Å². The molecule has 2 heterocycles. The average molecular weight is 445 g/mol. The second kappa shape index (κ2) is 8.75. The molecule has 8 heteroatoms. The monoisotopic (exact) mass is 444 g/mol. The topological polar surface area (TPSA) is 66.9 Å². The SMILES string of the molecule is CCS(=O)(=O)N1CCN(C(=O)c2cc(COc3ccc4ccccc4c3)cs2)CC1. The van der Waals surface area contributed by atoms with Gasteiger partial charge in [-0.15, -0.1) is 11.3 Å². The van der Waals surface area contributed by atoms with Crippen molar-refractivity contribution in [3.05, 3.63) is 64.4 Å². The molecule has 1 aromatic heterocycles. The molecule has 30 heavy (non-hydrogen) atoms. The van der Waals surface area contributed by atoms with E-state index in [0.29, 0.717) is 37.7 Å². The smallest absolute Gasteiger partial charge is 0.264 e. The fourth-order valence-electron chi connectivity index (χ4n) is 3.50. The number of hydrogen-bond donors (Lipinski definition) is 0. The molecule has 0 unspecified atom stereocenters. The number of sulfonamides is 1. The highest BCUT2D eigenvalue weighted by molar-refractivity contribution is 7.89. The van der Waals surface area contributed by atoms with Gasteiger partial charge in [-0.3, -0.25) is 4.79 Å². The van der Waals surface area contributed by atoms with Gasteiger partial charge >= 0.3 is 0 Å². The number of amides is 1. The van der Waals surface area contributed by atoms with E-state index in [1.807, 2.05) is 41.8 Å². The van der Waals surface area contributed by atoms with Gasteiger partial charge in [-0.25, -0.2) is 8.42 Å². The van der Waals surface area contributed by atoms with E-state index in [1.165, 1.54) is 21.0 Å². The summed E-state index contributed by atoms with van der Waals surface area (Å²) in [5, 5.41) is 4.23. The van der Waals surface area contributed by atoms with Crippen molar-refractivity contribution in [3.63, 3.8) is 0 Å². The predicted molar refractivity (Wildman–Crippen MR) is 120 cm³/mol. The molecular formula is C22H24N2O4S2. The third-order valence-corrected chi connectivity index (χ3v) is 8.12. The third kappa shape index (κ3) is 4.50. The van der Waals surface area contributed by atoms with Crippen molar-refractivity contribution < 1.29 is 17.9 Å². The lowest BCUT2D eigenvalue weighted by molar-refractivity contribution is 0.0703. The van der Waals surface area contributed by atoms with Gasteiger partial charge in [0.05, 0.1) is 10.6 Å². The summed E-state index contributed by atoms with van der Waals surface area (Å²) >= 11 is 1.40. The first-order valence-corrected chi connectivity index (χ1v) is 12.4. The van der Waals surface area contributed by atoms with Crippen LogP contribution in [0.25, 0.3) is 10.8 Å². The summed E-state index contributed by atoms with van der Waals surface area (Å²) in [6.07, 6.45) is 0. The molecule has 0 bridgehead atoms. The summed E-state index contributed by atoms with van der Waals surface area (Å²) in [6.45, 7) is 3.57. The van der Waals surface area contributed by atoms with Crippen LogP contribution < -0.4 is 4.74 Å². The standard InChI is InChI=1S/C22H24N2O4S2/c1-2-30(26,27)24-11-9-23(10-12-24)22(25)21-13-17(16-29-21)15-28-20-8-7-18-5-3-4-6-19(18)14-20/h3-8,13-14,16H,2,9-12,15H2,1H3. The largest absolute Gasteiger partial charge is 0.489 e. The number of hydrogen-bond acceptors (Lipinski definition) is 5. The lowest BCUT2D eigenvalue weighted by Gasteiger charge is -2.33. The van der Waals surface area contributed by atoms with Crippen LogP contribution in [0.1, 0.15) is 22.2 Å². The Labute approximate surface area is 180 Å². The van der Waals surface area contributed by atoms with Gasteiger partial charge in [-0.1, -0.05) is 30.3 Å². The van der Waals surface area contributed by atoms with Crippen LogP contribution in [0.2, 0.25) is 0 Å². The molecule has 0 spiro atoms. The molecule has 0 saturated carbocycles. The van der Waals surface area contributed by atoms with Gasteiger partial charge < -0.3 is 9.64 Å². The molecule has 158 valence electrons. The van der Waals surface area contributed by atoms with Crippen molar-refractivity contribution in [2.75, 3.05) is 31.9 Å². The van der Waals surface area contributed by atoms with E-state index >= 15 is 0 Å². The Morgan fingerprint density at radius 2 is 1.77 bits per heavy atom. The summed E-state index contributed by atoms with van der Waals surface area (Å²) in [5.74, 6) is 0.832. The number of carbonyl (C=O) groups is 1. The van der Waals surface area contributed by atoms with Crippen LogP contribution in [0.15, 0.2) is 53.9 Å². The maximum absolute atomic E-state index is 12.8. The Kier molecular flexibility index (Phi) is 6.08. The predicted octanol–water partition coefficient (Wildman–Crippen LogP) is 3.59. The summed E-state index contributed by atoms with van der Waals surface area (Å²) in [7, 11) is -3.20. The minimum absolute atomic E-state index is 0.0505. The second-order valence-corrected chi connectivity index (χ2v) is 10.4. The zero-order valence-corrected chi connectivity index (χ0v) is 18.4. The number of thiophene rings is 1. The Bertz CT molecular complexity index is 1150. The van der Waals surface area contributed by atoms with Gasteiger partial charge in [-0.2, -0.15) is 4.31 Å². The van der Waals surface area contributed by atoms with E-state index in [4.69, 9.17) is 4.74 Å². The van der Waals surface area contributed by atoms with Gasteiger partial charge in [0.25, 0.3) is 5.91 Å².